The molecule has 8 bridgehead atoms. The van der Waals surface area contributed by atoms with Crippen molar-refractivity contribution in [3.63, 3.8) is 0 Å². The minimum atomic E-state index is -1.27. The van der Waals surface area contributed by atoms with Gasteiger partial charge in [-0.1, -0.05) is 146 Å². The Morgan fingerprint density at radius 1 is 0.390 bits per heavy atom. The molecule has 0 saturated carbocycles. The monoisotopic (exact) mass is 800 g/mol. The van der Waals surface area contributed by atoms with Crippen LogP contribution in [0, 0.1) is 57.2 Å². The van der Waals surface area contributed by atoms with Gasteiger partial charge in [0.25, 0.3) is 0 Å². The summed E-state index contributed by atoms with van der Waals surface area (Å²) in [5.74, 6) is -4.48. The molecular weight excluding hydrogens is 771 g/mol. The van der Waals surface area contributed by atoms with E-state index in [2.05, 4.69) is 24.3 Å². The molecule has 0 fully saturated rings. The third-order valence-electron chi connectivity index (χ3n) is 10.8. The van der Waals surface area contributed by atoms with Crippen LogP contribution in [0.4, 0.5) is 0 Å². The number of hydrogen-bond donors (Lipinski definition) is 0. The van der Waals surface area contributed by atoms with Crippen molar-refractivity contribution in [3.8, 4) is 68.8 Å². The molecule has 0 unspecified atom stereocenters. The molecule has 5 heterocycles. The second-order valence-corrected chi connectivity index (χ2v) is 14.0. The second kappa shape index (κ2) is 16.3. The molecule has 0 radical (unpaired) electrons. The zero-order chi connectivity index (χ0) is 39.6. The van der Waals surface area contributed by atoms with Gasteiger partial charge in [0.2, 0.25) is 0 Å². The first-order valence-corrected chi connectivity index (χ1v) is 18.8. The summed E-state index contributed by atoms with van der Waals surface area (Å²) >= 11 is 0. The Bertz CT molecular complexity index is 2840. The minimum Gasteiger partial charge on any atom is -0.657 e. The van der Waals surface area contributed by atoms with Gasteiger partial charge in [0.15, 0.2) is 0 Å². The number of fused-ring (bicyclic) bond motifs is 8. The molecular formula is C50H30N8Ni. The predicted molar refractivity (Wildman–Crippen MR) is 225 cm³/mol. The van der Waals surface area contributed by atoms with Crippen LogP contribution in [0.25, 0.3) is 78.7 Å². The van der Waals surface area contributed by atoms with E-state index < -0.39 is 23.7 Å². The molecule has 2 atom stereocenters. The molecule has 0 spiro atoms. The molecule has 280 valence electrons. The van der Waals surface area contributed by atoms with Crippen molar-refractivity contribution in [3.05, 3.63) is 168 Å². The molecule has 9 heteroatoms. The fourth-order valence-corrected chi connectivity index (χ4v) is 8.22. The van der Waals surface area contributed by atoms with Gasteiger partial charge in [-0.3, -0.25) is 4.98 Å². The summed E-state index contributed by atoms with van der Waals surface area (Å²) in [7, 11) is 0. The number of hydrogen-bond acceptors (Lipinski definition) is 6. The summed E-state index contributed by atoms with van der Waals surface area (Å²) in [5.41, 5.74) is 10.9. The van der Waals surface area contributed by atoms with Crippen LogP contribution in [0.3, 0.4) is 0 Å². The number of benzene rings is 4. The van der Waals surface area contributed by atoms with Gasteiger partial charge >= 0.3 is 16.5 Å². The van der Waals surface area contributed by atoms with Crippen molar-refractivity contribution in [1.29, 1.82) is 21.0 Å². The average Bonchev–Trinajstić information content (AvgIpc) is 4.11. The van der Waals surface area contributed by atoms with Crippen LogP contribution in [0.1, 0.15) is 34.6 Å². The van der Waals surface area contributed by atoms with E-state index in [1.54, 1.807) is 0 Å². The van der Waals surface area contributed by atoms with Crippen LogP contribution in [-0.4, -0.2) is 9.97 Å². The predicted octanol–water partition coefficient (Wildman–Crippen LogP) is 10.6. The van der Waals surface area contributed by atoms with Crippen molar-refractivity contribution < 1.29 is 16.5 Å². The van der Waals surface area contributed by atoms with Crippen molar-refractivity contribution in [1.82, 2.24) is 19.9 Å². The molecule has 0 N–H and O–H groups in total. The van der Waals surface area contributed by atoms with Crippen LogP contribution in [-0.2, 0) is 16.5 Å². The van der Waals surface area contributed by atoms with Gasteiger partial charge in [-0.05, 0) is 56.7 Å². The molecule has 59 heavy (non-hydrogen) atoms. The third-order valence-corrected chi connectivity index (χ3v) is 10.8. The molecule has 2 aliphatic heterocycles. The Morgan fingerprint density at radius 2 is 0.678 bits per heavy atom. The van der Waals surface area contributed by atoms with Crippen LogP contribution in [0.5, 0.6) is 0 Å². The largest absolute Gasteiger partial charge is 2.00 e. The van der Waals surface area contributed by atoms with E-state index in [1.807, 2.05) is 158 Å². The first-order chi connectivity index (χ1) is 28.6. The van der Waals surface area contributed by atoms with E-state index in [-0.39, 0.29) is 16.5 Å². The molecule has 0 aliphatic carbocycles. The molecule has 7 aromatic rings. The molecule has 3 aromatic heterocycles. The Labute approximate surface area is 351 Å². The zero-order valence-corrected chi connectivity index (χ0v) is 32.2. The smallest absolute Gasteiger partial charge is 0.657 e. The Balaban J connectivity index is 0.00000484. The van der Waals surface area contributed by atoms with Crippen molar-refractivity contribution >= 4 is 34.2 Å². The standard InChI is InChI=1S/C50H30N8.Ni/c51-27-35(28-52)47-48(36(29-53)30-54)50-46(34-19-11-4-12-20-34)42-26-24-40(57-42)44(32-15-7-2-8-16-32)38-22-21-37(55-38)43(31-13-5-1-6-14-31)39-23-25-41(56-39)45(49(47)58-50)33-17-9-3-10-18-33;/h1-26,35-36,47-48H;/q-2;+2/t47-,48-;/m0./s1. The van der Waals surface area contributed by atoms with Gasteiger partial charge in [-0.25, -0.2) is 4.98 Å². The maximum absolute atomic E-state index is 10.6. The van der Waals surface area contributed by atoms with Crippen molar-refractivity contribution in [2.75, 3.05) is 0 Å². The van der Waals surface area contributed by atoms with Gasteiger partial charge in [-0.15, -0.1) is 22.1 Å². The van der Waals surface area contributed by atoms with E-state index in [4.69, 9.17) is 19.9 Å². The molecule has 4 aromatic carbocycles. The molecule has 0 saturated heterocycles. The topological polar surface area (TPSA) is 149 Å². The SMILES string of the molecule is N#CC(C#N)[C@@H]1c2nc(c(-c3ccccc3)c3ccc([n-]3)c(-c3ccccc3)c3nc(c(-c4ccccc4)c4ccc([n-]4)c2-c2ccccc2)C=C3)[C@H]1C(C#N)C#N.[Ni+2]. The fourth-order valence-electron chi connectivity index (χ4n) is 8.22. The number of rotatable bonds is 6. The number of nitriles is 4. The van der Waals surface area contributed by atoms with Crippen molar-refractivity contribution in [2.45, 2.75) is 11.8 Å². The summed E-state index contributed by atoms with van der Waals surface area (Å²) in [6, 6.07) is 55.8. The Morgan fingerprint density at radius 3 is 0.983 bits per heavy atom. The van der Waals surface area contributed by atoms with E-state index in [0.29, 0.717) is 44.6 Å². The maximum atomic E-state index is 10.6. The summed E-state index contributed by atoms with van der Waals surface area (Å²) in [6.07, 6.45) is 4.02. The average molecular weight is 802 g/mol. The van der Waals surface area contributed by atoms with Gasteiger partial charge in [0, 0.05) is 11.8 Å². The third kappa shape index (κ3) is 6.77. The summed E-state index contributed by atoms with van der Waals surface area (Å²) in [4.78, 5) is 21.3. The van der Waals surface area contributed by atoms with Crippen LogP contribution >= 0.6 is 0 Å². The second-order valence-electron chi connectivity index (χ2n) is 14.0. The molecule has 0 amide bonds. The van der Waals surface area contributed by atoms with E-state index in [1.165, 1.54) is 0 Å². The quantitative estimate of drug-likeness (QED) is 0.151. The van der Waals surface area contributed by atoms with Crippen molar-refractivity contribution in [2.24, 2.45) is 11.8 Å². The van der Waals surface area contributed by atoms with Crippen LogP contribution < -0.4 is 9.97 Å². The fraction of sp³-hybridized carbons (Fsp3) is 0.0800. The van der Waals surface area contributed by atoms with Gasteiger partial charge in [-0.2, -0.15) is 21.0 Å². The molecule has 9 rings (SSSR count). The first kappa shape index (κ1) is 38.1. The van der Waals surface area contributed by atoms with E-state index >= 15 is 0 Å². The number of aromatic nitrogens is 4. The Hall–Kier alpha value is -7.81. The van der Waals surface area contributed by atoms with E-state index in [0.717, 1.165) is 44.8 Å². The summed E-state index contributed by atoms with van der Waals surface area (Å²) in [5, 5.41) is 42.5. The maximum Gasteiger partial charge on any atom is 2.00 e. The first-order valence-electron chi connectivity index (χ1n) is 18.8. The molecule has 8 nitrogen and oxygen atoms in total. The number of nitrogens with zero attached hydrogens (tertiary/aromatic N) is 8. The van der Waals surface area contributed by atoms with Gasteiger partial charge in [0.05, 0.1) is 47.1 Å². The summed E-state index contributed by atoms with van der Waals surface area (Å²) < 4.78 is 0. The minimum absolute atomic E-state index is 0. The molecule has 2 aliphatic rings. The van der Waals surface area contributed by atoms with Gasteiger partial charge in [0.1, 0.15) is 11.8 Å². The van der Waals surface area contributed by atoms with Crippen LogP contribution in [0.2, 0.25) is 0 Å². The zero-order valence-electron chi connectivity index (χ0n) is 31.2. The normalized spacial score (nSPS) is 14.1. The summed E-state index contributed by atoms with van der Waals surface area (Å²) in [6.45, 7) is 0. The van der Waals surface area contributed by atoms with Gasteiger partial charge < -0.3 is 9.97 Å². The van der Waals surface area contributed by atoms with Crippen LogP contribution in [0.15, 0.2) is 146 Å². The Kier molecular flexibility index (Phi) is 10.6. The van der Waals surface area contributed by atoms with E-state index in [9.17, 15) is 21.0 Å².